The minimum atomic E-state index is -0.501. The normalized spacial score (nSPS) is 11.1. The molecule has 1 atom stereocenters. The highest BCUT2D eigenvalue weighted by Crippen LogP contribution is 2.27. The molecule has 1 amide bonds. The molecule has 0 radical (unpaired) electrons. The molecule has 9 nitrogen and oxygen atoms in total. The minimum Gasteiger partial charge on any atom is -0.497 e. The van der Waals surface area contributed by atoms with Crippen molar-refractivity contribution in [2.45, 2.75) is 26.3 Å². The van der Waals surface area contributed by atoms with Gasteiger partial charge in [-0.25, -0.2) is 9.78 Å². The predicted molar refractivity (Wildman–Crippen MR) is 188 cm³/mol. The molecule has 3 N–H and O–H groups in total. The van der Waals surface area contributed by atoms with Crippen molar-refractivity contribution in [3.63, 3.8) is 0 Å². The molecule has 5 rings (SSSR count). The molecule has 238 valence electrons. The Morgan fingerprint density at radius 3 is 1.89 bits per heavy atom. The van der Waals surface area contributed by atoms with Gasteiger partial charge in [0.05, 0.1) is 18.9 Å². The average Bonchev–Trinajstić information content (AvgIpc) is 3.10. The van der Waals surface area contributed by atoms with Crippen molar-refractivity contribution < 1.29 is 23.8 Å². The lowest BCUT2D eigenvalue weighted by Crippen LogP contribution is -2.35. The summed E-state index contributed by atoms with van der Waals surface area (Å²) >= 11 is 5.32. The molecule has 47 heavy (non-hydrogen) atoms. The first-order chi connectivity index (χ1) is 22.8. The molecule has 0 spiro atoms. The maximum atomic E-state index is 12.8. The largest absolute Gasteiger partial charge is 0.497 e. The van der Waals surface area contributed by atoms with Crippen LogP contribution in [0.25, 0.3) is 11.1 Å². The topological polar surface area (TPSA) is 111 Å². The van der Waals surface area contributed by atoms with Gasteiger partial charge in [-0.05, 0) is 122 Å². The number of esters is 1. The summed E-state index contributed by atoms with van der Waals surface area (Å²) in [6, 6.07) is 32.2. The number of methoxy groups -OCH3 is 1. The van der Waals surface area contributed by atoms with Crippen LogP contribution in [-0.2, 0) is 0 Å². The number of nitrogens with one attached hydrogen (secondary N) is 3. The van der Waals surface area contributed by atoms with Crippen LogP contribution >= 0.6 is 12.2 Å². The fourth-order valence-electron chi connectivity index (χ4n) is 4.36. The Morgan fingerprint density at radius 1 is 0.723 bits per heavy atom. The number of thiocarbonyl (C=S) groups is 1. The maximum Gasteiger partial charge on any atom is 0.343 e. The molecule has 0 aliphatic heterocycles. The number of hydrogen-bond acceptors (Lipinski definition) is 7. The number of hydrogen-bond donors (Lipinski definition) is 3. The molecule has 0 fully saturated rings. The number of nitrogens with zero attached hydrogens (tertiary/aromatic N) is 1. The van der Waals surface area contributed by atoms with E-state index in [0.29, 0.717) is 50.7 Å². The first-order valence-corrected chi connectivity index (χ1v) is 15.4. The van der Waals surface area contributed by atoms with Crippen LogP contribution in [-0.4, -0.2) is 35.1 Å². The molecule has 1 unspecified atom stereocenters. The van der Waals surface area contributed by atoms with E-state index in [0.717, 1.165) is 17.5 Å². The fraction of sp³-hybridized carbons (Fsp3) is 0.135. The molecule has 0 saturated carbocycles. The van der Waals surface area contributed by atoms with Crippen LogP contribution in [0.2, 0.25) is 0 Å². The van der Waals surface area contributed by atoms with Gasteiger partial charge in [0.25, 0.3) is 5.91 Å². The zero-order valence-electron chi connectivity index (χ0n) is 26.2. The summed E-state index contributed by atoms with van der Waals surface area (Å²) in [5, 5.41) is 9.70. The van der Waals surface area contributed by atoms with E-state index in [-0.39, 0.29) is 11.9 Å². The lowest BCUT2D eigenvalue weighted by molar-refractivity contribution is 0.0734. The third-order valence-electron chi connectivity index (χ3n) is 7.19. The lowest BCUT2D eigenvalue weighted by Gasteiger charge is -2.15. The molecular formula is C37H34N4O5S. The summed E-state index contributed by atoms with van der Waals surface area (Å²) in [7, 11) is 1.56. The van der Waals surface area contributed by atoms with Gasteiger partial charge in [-0.3, -0.25) is 4.79 Å². The van der Waals surface area contributed by atoms with E-state index in [1.54, 1.807) is 61.8 Å². The van der Waals surface area contributed by atoms with Crippen LogP contribution in [0.1, 0.15) is 41.0 Å². The number of aromatic nitrogens is 1. The number of ether oxygens (including phenoxy) is 3. The van der Waals surface area contributed by atoms with Gasteiger partial charge in [-0.2, -0.15) is 0 Å². The second kappa shape index (κ2) is 15.5. The van der Waals surface area contributed by atoms with E-state index < -0.39 is 5.97 Å². The summed E-state index contributed by atoms with van der Waals surface area (Å²) in [5.41, 5.74) is 3.45. The first-order valence-electron chi connectivity index (χ1n) is 15.0. The number of amides is 1. The van der Waals surface area contributed by atoms with E-state index in [1.807, 2.05) is 60.7 Å². The predicted octanol–water partition coefficient (Wildman–Crippen LogP) is 8.11. The van der Waals surface area contributed by atoms with E-state index >= 15 is 0 Å². The second-order valence-corrected chi connectivity index (χ2v) is 11.0. The SMILES string of the molecule is CCC(C)NC(=S)Nc1ccc(Oc2ccc(-c3ccc(NC(=O)c4ccc(OC(=O)c5ccc(OC)cc5)cc4)cc3)cc2)cn1. The number of rotatable bonds is 11. The van der Waals surface area contributed by atoms with Crippen molar-refractivity contribution in [1.82, 2.24) is 10.3 Å². The van der Waals surface area contributed by atoms with Gasteiger partial charge in [0, 0.05) is 17.3 Å². The van der Waals surface area contributed by atoms with Crippen LogP contribution in [0.5, 0.6) is 23.0 Å². The molecule has 0 aliphatic rings. The van der Waals surface area contributed by atoms with Crippen molar-refractivity contribution in [2.75, 3.05) is 17.7 Å². The molecule has 4 aromatic carbocycles. The highest BCUT2D eigenvalue weighted by molar-refractivity contribution is 7.80. The Morgan fingerprint density at radius 2 is 1.30 bits per heavy atom. The zero-order valence-corrected chi connectivity index (χ0v) is 27.0. The van der Waals surface area contributed by atoms with Gasteiger partial charge in [0.2, 0.25) is 0 Å². The van der Waals surface area contributed by atoms with Gasteiger partial charge in [0.15, 0.2) is 5.11 Å². The van der Waals surface area contributed by atoms with Gasteiger partial charge in [-0.15, -0.1) is 0 Å². The van der Waals surface area contributed by atoms with Crippen molar-refractivity contribution in [3.05, 3.63) is 127 Å². The second-order valence-electron chi connectivity index (χ2n) is 10.6. The quantitative estimate of drug-likeness (QED) is 0.0745. The third kappa shape index (κ3) is 9.15. The summed E-state index contributed by atoms with van der Waals surface area (Å²) in [6.45, 7) is 4.16. The molecule has 0 bridgehead atoms. The number of carbonyl (C=O) groups excluding carboxylic acids is 2. The molecule has 0 aliphatic carbocycles. The van der Waals surface area contributed by atoms with Crippen LogP contribution in [0, 0.1) is 0 Å². The molecule has 10 heteroatoms. The zero-order chi connectivity index (χ0) is 33.2. The van der Waals surface area contributed by atoms with Crippen LogP contribution in [0.4, 0.5) is 11.5 Å². The van der Waals surface area contributed by atoms with Crippen molar-refractivity contribution in [3.8, 4) is 34.1 Å². The van der Waals surface area contributed by atoms with E-state index in [1.165, 1.54) is 0 Å². The summed E-state index contributed by atoms with van der Waals surface area (Å²) in [4.78, 5) is 29.6. The third-order valence-corrected chi connectivity index (χ3v) is 7.41. The Hall–Kier alpha value is -5.74. The monoisotopic (exact) mass is 646 g/mol. The van der Waals surface area contributed by atoms with Crippen molar-refractivity contribution in [2.24, 2.45) is 0 Å². The maximum absolute atomic E-state index is 12.8. The summed E-state index contributed by atoms with van der Waals surface area (Å²) in [6.07, 6.45) is 2.61. The van der Waals surface area contributed by atoms with Crippen LogP contribution in [0.3, 0.4) is 0 Å². The highest BCUT2D eigenvalue weighted by Gasteiger charge is 2.11. The smallest absolute Gasteiger partial charge is 0.343 e. The van der Waals surface area contributed by atoms with E-state index in [2.05, 4.69) is 34.8 Å². The fourth-order valence-corrected chi connectivity index (χ4v) is 4.67. The lowest BCUT2D eigenvalue weighted by atomic mass is 10.1. The molecular weight excluding hydrogens is 612 g/mol. The van der Waals surface area contributed by atoms with Gasteiger partial charge in [-0.1, -0.05) is 31.2 Å². The average molecular weight is 647 g/mol. The van der Waals surface area contributed by atoms with Crippen LogP contribution < -0.4 is 30.2 Å². The van der Waals surface area contributed by atoms with Crippen molar-refractivity contribution in [1.29, 1.82) is 0 Å². The van der Waals surface area contributed by atoms with Gasteiger partial charge < -0.3 is 30.2 Å². The Kier molecular flexibility index (Phi) is 10.8. The number of pyridine rings is 1. The molecule has 1 heterocycles. The van der Waals surface area contributed by atoms with Gasteiger partial charge >= 0.3 is 5.97 Å². The summed E-state index contributed by atoms with van der Waals surface area (Å²) < 4.78 is 16.5. The summed E-state index contributed by atoms with van der Waals surface area (Å²) in [5.74, 6) is 2.11. The van der Waals surface area contributed by atoms with Crippen LogP contribution in [0.15, 0.2) is 115 Å². The Balaban J connectivity index is 1.11. The first kappa shape index (κ1) is 32.6. The molecule has 0 saturated heterocycles. The van der Waals surface area contributed by atoms with E-state index in [9.17, 15) is 9.59 Å². The standard InChI is InChI=1S/C37H34N4O5S/c1-4-24(2)39-37(47)41-34-22-21-33(23-38-34)45-31-17-7-26(8-18-31)25-5-13-29(14-6-25)40-35(42)27-9-19-32(20-10-27)46-36(43)28-11-15-30(44-3)16-12-28/h5-24H,4H2,1-3H3,(H,40,42)(H2,38,39,41,47). The minimum absolute atomic E-state index is 0.280. The van der Waals surface area contributed by atoms with Gasteiger partial charge in [0.1, 0.15) is 28.8 Å². The number of anilines is 2. The highest BCUT2D eigenvalue weighted by atomic mass is 32.1. The number of carbonyl (C=O) groups is 2. The Bertz CT molecular complexity index is 1810. The molecule has 5 aromatic rings. The number of benzene rings is 4. The Labute approximate surface area is 278 Å². The van der Waals surface area contributed by atoms with Crippen molar-refractivity contribution >= 4 is 40.7 Å². The van der Waals surface area contributed by atoms with E-state index in [4.69, 9.17) is 26.4 Å². The molecule has 1 aromatic heterocycles.